The Morgan fingerprint density at radius 1 is 1.37 bits per heavy atom. The molecule has 0 atom stereocenters. The molecule has 0 bridgehead atoms. The molecule has 0 unspecified atom stereocenters. The van der Waals surface area contributed by atoms with E-state index in [0.717, 1.165) is 44.9 Å². The molecule has 1 saturated heterocycles. The summed E-state index contributed by atoms with van der Waals surface area (Å²) < 4.78 is 11.0. The van der Waals surface area contributed by atoms with Crippen molar-refractivity contribution in [1.29, 1.82) is 0 Å². The smallest absolute Gasteiger partial charge is 0.118 e. The van der Waals surface area contributed by atoms with Gasteiger partial charge in [0.15, 0.2) is 0 Å². The number of rotatable bonds is 6. The molecule has 1 N–H and O–H groups in total. The third-order valence-corrected chi connectivity index (χ3v) is 3.64. The van der Waals surface area contributed by atoms with Gasteiger partial charge in [0.2, 0.25) is 0 Å². The van der Waals surface area contributed by atoms with Crippen LogP contribution in [0.2, 0.25) is 0 Å². The molecular weight excluding hydrogens is 240 g/mol. The lowest BCUT2D eigenvalue weighted by Crippen LogP contribution is -2.36. The van der Waals surface area contributed by atoms with Gasteiger partial charge in [-0.15, -0.1) is 0 Å². The highest BCUT2D eigenvalue weighted by molar-refractivity contribution is 5.12. The fourth-order valence-corrected chi connectivity index (χ4v) is 2.42. The highest BCUT2D eigenvalue weighted by Crippen LogP contribution is 2.17. The Bertz CT molecular complexity index is 370. The topological polar surface area (TPSA) is 37.6 Å². The van der Waals surface area contributed by atoms with Crippen LogP contribution in [0.3, 0.4) is 0 Å². The maximum Gasteiger partial charge on any atom is 0.118 e. The van der Waals surface area contributed by atoms with Gasteiger partial charge in [-0.05, 0) is 26.0 Å². The van der Waals surface area contributed by atoms with E-state index in [2.05, 4.69) is 37.2 Å². The monoisotopic (exact) mass is 266 g/mol. The lowest BCUT2D eigenvalue weighted by Gasteiger charge is -2.30. The van der Waals surface area contributed by atoms with Crippen molar-refractivity contribution in [1.82, 2.24) is 10.2 Å². The van der Waals surface area contributed by atoms with Crippen LogP contribution in [-0.4, -0.2) is 37.2 Å². The van der Waals surface area contributed by atoms with Crippen LogP contribution in [-0.2, 0) is 17.8 Å². The summed E-state index contributed by atoms with van der Waals surface area (Å²) in [4.78, 5) is 2.38. The molecule has 1 aromatic heterocycles. The minimum absolute atomic E-state index is 0.503. The molecule has 19 heavy (non-hydrogen) atoms. The molecule has 0 aliphatic carbocycles. The summed E-state index contributed by atoms with van der Waals surface area (Å²) in [5, 5.41) is 3.40. The highest BCUT2D eigenvalue weighted by Gasteiger charge is 2.19. The number of hydrogen-bond acceptors (Lipinski definition) is 4. The second kappa shape index (κ2) is 7.08. The van der Waals surface area contributed by atoms with Crippen LogP contribution in [0, 0.1) is 0 Å². The van der Waals surface area contributed by atoms with Crippen LogP contribution >= 0.6 is 0 Å². The third-order valence-electron chi connectivity index (χ3n) is 3.64. The number of nitrogens with zero attached hydrogens (tertiary/aromatic N) is 1. The summed E-state index contributed by atoms with van der Waals surface area (Å²) in [6.07, 6.45) is 4.11. The van der Waals surface area contributed by atoms with E-state index in [1.54, 1.807) is 0 Å². The van der Waals surface area contributed by atoms with E-state index in [4.69, 9.17) is 9.15 Å². The SMILES string of the molecule is CC(C)NCc1coc(CN(C)C2CCOCC2)c1. The highest BCUT2D eigenvalue weighted by atomic mass is 16.5. The van der Waals surface area contributed by atoms with Crippen LogP contribution in [0.5, 0.6) is 0 Å². The number of hydrogen-bond donors (Lipinski definition) is 1. The van der Waals surface area contributed by atoms with E-state index in [1.807, 2.05) is 6.26 Å². The molecule has 4 heteroatoms. The zero-order valence-corrected chi connectivity index (χ0v) is 12.3. The molecule has 1 aliphatic heterocycles. The standard InChI is InChI=1S/C15H26N2O2/c1-12(2)16-9-13-8-15(19-11-13)10-17(3)14-4-6-18-7-5-14/h8,11-12,14,16H,4-7,9-10H2,1-3H3. The molecule has 2 rings (SSSR count). The molecule has 1 aromatic rings. The van der Waals surface area contributed by atoms with E-state index in [0.29, 0.717) is 12.1 Å². The second-order valence-electron chi connectivity index (χ2n) is 5.72. The molecule has 1 fully saturated rings. The first-order valence-electron chi connectivity index (χ1n) is 7.23. The Morgan fingerprint density at radius 2 is 2.11 bits per heavy atom. The van der Waals surface area contributed by atoms with Crippen molar-refractivity contribution < 1.29 is 9.15 Å². The van der Waals surface area contributed by atoms with Gasteiger partial charge in [-0.3, -0.25) is 4.90 Å². The Hall–Kier alpha value is -0.840. The predicted molar refractivity (Wildman–Crippen MR) is 76.0 cm³/mol. The van der Waals surface area contributed by atoms with E-state index >= 15 is 0 Å². The molecule has 0 spiro atoms. The molecule has 0 amide bonds. The summed E-state index contributed by atoms with van der Waals surface area (Å²) in [5.74, 6) is 1.05. The van der Waals surface area contributed by atoms with E-state index in [9.17, 15) is 0 Å². The Balaban J connectivity index is 1.81. The van der Waals surface area contributed by atoms with Crippen molar-refractivity contribution in [3.63, 3.8) is 0 Å². The predicted octanol–water partition coefficient (Wildman–Crippen LogP) is 2.39. The van der Waals surface area contributed by atoms with Crippen LogP contribution in [0.4, 0.5) is 0 Å². The normalized spacial score (nSPS) is 17.5. The first-order chi connectivity index (χ1) is 9.15. The van der Waals surface area contributed by atoms with Gasteiger partial charge in [0.05, 0.1) is 12.8 Å². The minimum Gasteiger partial charge on any atom is -0.468 e. The van der Waals surface area contributed by atoms with Gasteiger partial charge in [0.1, 0.15) is 5.76 Å². The Labute approximate surface area is 116 Å². The van der Waals surface area contributed by atoms with Gasteiger partial charge in [0, 0.05) is 37.4 Å². The zero-order chi connectivity index (χ0) is 13.7. The summed E-state index contributed by atoms with van der Waals surface area (Å²) in [5.41, 5.74) is 1.23. The Morgan fingerprint density at radius 3 is 2.79 bits per heavy atom. The van der Waals surface area contributed by atoms with Crippen LogP contribution in [0.25, 0.3) is 0 Å². The maximum absolute atomic E-state index is 5.65. The van der Waals surface area contributed by atoms with Crippen molar-refractivity contribution >= 4 is 0 Å². The van der Waals surface area contributed by atoms with Gasteiger partial charge >= 0.3 is 0 Å². The molecule has 0 radical (unpaired) electrons. The molecule has 4 nitrogen and oxygen atoms in total. The van der Waals surface area contributed by atoms with E-state index in [1.165, 1.54) is 5.56 Å². The average Bonchev–Trinajstić information content (AvgIpc) is 2.85. The van der Waals surface area contributed by atoms with Gasteiger partial charge < -0.3 is 14.5 Å². The molecule has 0 aromatic carbocycles. The molecule has 0 saturated carbocycles. The number of nitrogens with one attached hydrogen (secondary N) is 1. The van der Waals surface area contributed by atoms with Crippen LogP contribution < -0.4 is 5.32 Å². The fraction of sp³-hybridized carbons (Fsp3) is 0.733. The van der Waals surface area contributed by atoms with Crippen molar-refractivity contribution in [2.24, 2.45) is 0 Å². The fourth-order valence-electron chi connectivity index (χ4n) is 2.42. The first-order valence-corrected chi connectivity index (χ1v) is 7.23. The van der Waals surface area contributed by atoms with Gasteiger partial charge in [-0.25, -0.2) is 0 Å². The zero-order valence-electron chi connectivity index (χ0n) is 12.3. The lowest BCUT2D eigenvalue weighted by molar-refractivity contribution is 0.0387. The van der Waals surface area contributed by atoms with Crippen molar-refractivity contribution in [3.8, 4) is 0 Å². The summed E-state index contributed by atoms with van der Waals surface area (Å²) in [6.45, 7) is 7.84. The molecular formula is C15H26N2O2. The van der Waals surface area contributed by atoms with Crippen molar-refractivity contribution in [2.75, 3.05) is 20.3 Å². The van der Waals surface area contributed by atoms with E-state index in [-0.39, 0.29) is 0 Å². The quantitative estimate of drug-likeness (QED) is 0.858. The van der Waals surface area contributed by atoms with Gasteiger partial charge in [-0.2, -0.15) is 0 Å². The van der Waals surface area contributed by atoms with Gasteiger partial charge in [-0.1, -0.05) is 13.8 Å². The number of ether oxygens (including phenoxy) is 1. The lowest BCUT2D eigenvalue weighted by atomic mass is 10.1. The number of furan rings is 1. The van der Waals surface area contributed by atoms with Crippen LogP contribution in [0.15, 0.2) is 16.7 Å². The second-order valence-corrected chi connectivity index (χ2v) is 5.72. The van der Waals surface area contributed by atoms with Crippen LogP contribution in [0.1, 0.15) is 38.0 Å². The largest absolute Gasteiger partial charge is 0.468 e. The first kappa shape index (κ1) is 14.6. The summed E-state index contributed by atoms with van der Waals surface area (Å²) >= 11 is 0. The molecule has 1 aliphatic rings. The summed E-state index contributed by atoms with van der Waals surface area (Å²) in [6, 6.07) is 3.28. The Kier molecular flexibility index (Phi) is 5.43. The summed E-state index contributed by atoms with van der Waals surface area (Å²) in [7, 11) is 2.17. The van der Waals surface area contributed by atoms with Crippen molar-refractivity contribution in [2.45, 2.75) is 51.9 Å². The molecule has 2 heterocycles. The van der Waals surface area contributed by atoms with E-state index < -0.39 is 0 Å². The average molecular weight is 266 g/mol. The van der Waals surface area contributed by atoms with Gasteiger partial charge in [0.25, 0.3) is 0 Å². The van der Waals surface area contributed by atoms with Crippen molar-refractivity contribution in [3.05, 3.63) is 23.7 Å². The molecule has 108 valence electrons. The third kappa shape index (κ3) is 4.64. The maximum atomic E-state index is 5.65. The minimum atomic E-state index is 0.503.